The number of amides is 2. The molecule has 0 saturated carbocycles. The predicted molar refractivity (Wildman–Crippen MR) is 119 cm³/mol. The number of nitrogens with zero attached hydrogens (tertiary/aromatic N) is 3. The average molecular weight is 432 g/mol. The summed E-state index contributed by atoms with van der Waals surface area (Å²) in [5.41, 5.74) is 3.59. The fraction of sp³-hybridized carbons (Fsp3) is 0.320. The lowest BCUT2D eigenvalue weighted by Crippen LogP contribution is -2.41. The fourth-order valence-corrected chi connectivity index (χ4v) is 4.61. The number of aryl methyl sites for hydroxylation is 1. The molecule has 5 rings (SSSR count). The third kappa shape index (κ3) is 3.90. The second kappa shape index (κ2) is 8.57. The average Bonchev–Trinajstić information content (AvgIpc) is 3.42. The minimum absolute atomic E-state index is 0.0225. The number of benzene rings is 2. The second-order valence-electron chi connectivity index (χ2n) is 8.44. The van der Waals surface area contributed by atoms with Gasteiger partial charge in [-0.15, -0.1) is 0 Å². The van der Waals surface area contributed by atoms with Gasteiger partial charge in [0.05, 0.1) is 11.4 Å². The second-order valence-corrected chi connectivity index (χ2v) is 8.44. The molecular formula is C25H25FN4O2. The van der Waals surface area contributed by atoms with E-state index in [4.69, 9.17) is 5.10 Å². The van der Waals surface area contributed by atoms with E-state index in [1.54, 1.807) is 4.90 Å². The van der Waals surface area contributed by atoms with Crippen LogP contribution in [0.4, 0.5) is 10.2 Å². The van der Waals surface area contributed by atoms with E-state index in [2.05, 4.69) is 5.32 Å². The molecule has 0 radical (unpaired) electrons. The molecule has 6 nitrogen and oxygen atoms in total. The number of carbonyl (C=O) groups is 2. The summed E-state index contributed by atoms with van der Waals surface area (Å²) in [5.74, 6) is 0.106. The Morgan fingerprint density at radius 3 is 2.41 bits per heavy atom. The van der Waals surface area contributed by atoms with Crippen LogP contribution in [0.5, 0.6) is 0 Å². The van der Waals surface area contributed by atoms with E-state index < -0.39 is 0 Å². The zero-order valence-corrected chi connectivity index (χ0v) is 17.8. The lowest BCUT2D eigenvalue weighted by Gasteiger charge is -2.31. The quantitative estimate of drug-likeness (QED) is 0.678. The summed E-state index contributed by atoms with van der Waals surface area (Å²) in [6, 6.07) is 15.4. The molecule has 0 atom stereocenters. The van der Waals surface area contributed by atoms with Crippen LogP contribution in [0.15, 0.2) is 54.6 Å². The Hall–Kier alpha value is -3.48. The first-order chi connectivity index (χ1) is 15.6. The van der Waals surface area contributed by atoms with Gasteiger partial charge in [-0.2, -0.15) is 5.10 Å². The van der Waals surface area contributed by atoms with Crippen molar-refractivity contribution in [2.24, 2.45) is 5.92 Å². The van der Waals surface area contributed by atoms with Crippen molar-refractivity contribution >= 4 is 17.6 Å². The zero-order chi connectivity index (χ0) is 22.1. The van der Waals surface area contributed by atoms with Gasteiger partial charge in [0.15, 0.2) is 0 Å². The highest BCUT2D eigenvalue weighted by atomic mass is 19.1. The molecule has 1 N–H and O–H groups in total. The van der Waals surface area contributed by atoms with Crippen LogP contribution in [0, 0.1) is 11.7 Å². The van der Waals surface area contributed by atoms with Gasteiger partial charge in [-0.3, -0.25) is 9.59 Å². The molecule has 0 spiro atoms. The van der Waals surface area contributed by atoms with Crippen molar-refractivity contribution in [1.82, 2.24) is 14.7 Å². The Morgan fingerprint density at radius 1 is 0.969 bits per heavy atom. The van der Waals surface area contributed by atoms with Gasteiger partial charge in [0.25, 0.3) is 5.91 Å². The number of piperidine rings is 1. The maximum absolute atomic E-state index is 13.1. The van der Waals surface area contributed by atoms with Crippen molar-refractivity contribution in [2.75, 3.05) is 18.4 Å². The number of hydrogen-bond acceptors (Lipinski definition) is 3. The molecule has 7 heteroatoms. The van der Waals surface area contributed by atoms with E-state index in [9.17, 15) is 14.0 Å². The van der Waals surface area contributed by atoms with Crippen LogP contribution < -0.4 is 5.32 Å². The first-order valence-corrected chi connectivity index (χ1v) is 11.1. The van der Waals surface area contributed by atoms with Gasteiger partial charge in [-0.1, -0.05) is 18.2 Å². The van der Waals surface area contributed by atoms with Gasteiger partial charge < -0.3 is 10.2 Å². The number of nitrogens with one attached hydrogen (secondary N) is 1. The summed E-state index contributed by atoms with van der Waals surface area (Å²) < 4.78 is 15.0. The van der Waals surface area contributed by atoms with Crippen LogP contribution in [0.25, 0.3) is 5.69 Å². The molecule has 1 aromatic heterocycles. The van der Waals surface area contributed by atoms with Crippen LogP contribution >= 0.6 is 0 Å². The van der Waals surface area contributed by atoms with Crippen molar-refractivity contribution in [1.29, 1.82) is 0 Å². The number of aromatic nitrogens is 2. The van der Waals surface area contributed by atoms with Crippen molar-refractivity contribution in [3.8, 4) is 5.69 Å². The summed E-state index contributed by atoms with van der Waals surface area (Å²) in [6.45, 7) is 1.01. The van der Waals surface area contributed by atoms with Crippen LogP contribution in [0.3, 0.4) is 0 Å². The lowest BCUT2D eigenvalue weighted by molar-refractivity contribution is -0.121. The standard InChI is InChI=1S/C25H25FN4O2/c26-19-11-9-18(10-12-19)25(32)29-15-13-17(14-16-29)24(31)27-23-21-7-4-8-22(21)28-30(23)20-5-2-1-3-6-20/h1-3,5-6,9-12,17H,4,7-8,13-16H2,(H,27,31). The van der Waals surface area contributed by atoms with Crippen LogP contribution in [-0.4, -0.2) is 39.6 Å². The molecule has 0 bridgehead atoms. The minimum atomic E-state index is -0.363. The van der Waals surface area contributed by atoms with E-state index in [-0.39, 0.29) is 23.5 Å². The Kier molecular flexibility index (Phi) is 5.47. The molecule has 1 saturated heterocycles. The number of carbonyl (C=O) groups excluding carboxylic acids is 2. The molecule has 2 aromatic carbocycles. The van der Waals surface area contributed by atoms with Gasteiger partial charge in [-0.05, 0) is 68.5 Å². The first-order valence-electron chi connectivity index (χ1n) is 11.1. The van der Waals surface area contributed by atoms with Crippen LogP contribution in [0.2, 0.25) is 0 Å². The van der Waals surface area contributed by atoms with Crippen molar-refractivity contribution < 1.29 is 14.0 Å². The zero-order valence-electron chi connectivity index (χ0n) is 17.8. The SMILES string of the molecule is O=C(Nc1c2c(nn1-c1ccccc1)CCC2)C1CCN(C(=O)c2ccc(F)cc2)CC1. The van der Waals surface area contributed by atoms with Crippen molar-refractivity contribution in [3.63, 3.8) is 0 Å². The number of hydrogen-bond donors (Lipinski definition) is 1. The molecule has 2 amide bonds. The first kappa shape index (κ1) is 20.4. The van der Waals surface area contributed by atoms with Crippen LogP contribution in [0.1, 0.15) is 40.9 Å². The number of para-hydroxylation sites is 1. The Morgan fingerprint density at radius 2 is 1.69 bits per heavy atom. The molecule has 3 aromatic rings. The fourth-order valence-electron chi connectivity index (χ4n) is 4.61. The molecular weight excluding hydrogens is 407 g/mol. The maximum Gasteiger partial charge on any atom is 0.253 e. The summed E-state index contributed by atoms with van der Waals surface area (Å²) in [6.07, 6.45) is 4.10. The number of likely N-dealkylation sites (tertiary alicyclic amines) is 1. The largest absolute Gasteiger partial charge is 0.339 e. The molecule has 2 heterocycles. The van der Waals surface area contributed by atoms with Gasteiger partial charge in [0.1, 0.15) is 11.6 Å². The maximum atomic E-state index is 13.1. The van der Waals surface area contributed by atoms with Crippen molar-refractivity contribution in [2.45, 2.75) is 32.1 Å². The van der Waals surface area contributed by atoms with Crippen LogP contribution in [-0.2, 0) is 17.6 Å². The Bertz CT molecular complexity index is 1130. The third-order valence-electron chi connectivity index (χ3n) is 6.39. The molecule has 32 heavy (non-hydrogen) atoms. The predicted octanol–water partition coefficient (Wildman–Crippen LogP) is 3.99. The number of anilines is 1. The highest BCUT2D eigenvalue weighted by Gasteiger charge is 2.30. The summed E-state index contributed by atoms with van der Waals surface area (Å²) in [5, 5.41) is 7.91. The molecule has 1 fully saturated rings. The van der Waals surface area contributed by atoms with E-state index in [0.29, 0.717) is 31.5 Å². The van der Waals surface area contributed by atoms with Gasteiger partial charge in [-0.25, -0.2) is 9.07 Å². The highest BCUT2D eigenvalue weighted by molar-refractivity contribution is 5.95. The topological polar surface area (TPSA) is 67.2 Å². The molecule has 1 aliphatic carbocycles. The molecule has 0 unspecified atom stereocenters. The third-order valence-corrected chi connectivity index (χ3v) is 6.39. The molecule has 2 aliphatic rings. The lowest BCUT2D eigenvalue weighted by atomic mass is 9.95. The van der Waals surface area contributed by atoms with Gasteiger partial charge in [0.2, 0.25) is 5.91 Å². The molecule has 1 aliphatic heterocycles. The number of rotatable bonds is 4. The monoisotopic (exact) mass is 432 g/mol. The van der Waals surface area contributed by atoms with Gasteiger partial charge >= 0.3 is 0 Å². The molecule has 164 valence electrons. The summed E-state index contributed by atoms with van der Waals surface area (Å²) in [7, 11) is 0. The van der Waals surface area contributed by atoms with E-state index >= 15 is 0 Å². The highest BCUT2D eigenvalue weighted by Crippen LogP contribution is 2.32. The Balaban J connectivity index is 1.27. The van der Waals surface area contributed by atoms with E-state index in [1.165, 1.54) is 24.3 Å². The minimum Gasteiger partial charge on any atom is -0.339 e. The van der Waals surface area contributed by atoms with E-state index in [0.717, 1.165) is 42.0 Å². The van der Waals surface area contributed by atoms with E-state index in [1.807, 2.05) is 35.0 Å². The number of halogens is 1. The normalized spacial score (nSPS) is 16.1. The van der Waals surface area contributed by atoms with Crippen molar-refractivity contribution in [3.05, 3.63) is 77.2 Å². The smallest absolute Gasteiger partial charge is 0.253 e. The summed E-state index contributed by atoms with van der Waals surface area (Å²) in [4.78, 5) is 27.5. The van der Waals surface area contributed by atoms with Gasteiger partial charge in [0, 0.05) is 30.1 Å². The Labute approximate surface area is 186 Å². The number of fused-ring (bicyclic) bond motifs is 1. The summed E-state index contributed by atoms with van der Waals surface area (Å²) >= 11 is 0.